The number of hydrogen-bond donors (Lipinski definition) is 2. The first-order valence-electron chi connectivity index (χ1n) is 7.18. The van der Waals surface area contributed by atoms with Crippen molar-refractivity contribution in [1.29, 1.82) is 0 Å². The van der Waals surface area contributed by atoms with Gasteiger partial charge >= 0.3 is 5.97 Å². The van der Waals surface area contributed by atoms with Crippen LogP contribution in [0.15, 0.2) is 30.3 Å². The van der Waals surface area contributed by atoms with E-state index in [9.17, 15) is 9.59 Å². The van der Waals surface area contributed by atoms with E-state index in [1.807, 2.05) is 30.3 Å². The van der Waals surface area contributed by atoms with Crippen molar-refractivity contribution >= 4 is 11.9 Å². The van der Waals surface area contributed by atoms with Crippen molar-refractivity contribution in [3.05, 3.63) is 35.9 Å². The summed E-state index contributed by atoms with van der Waals surface area (Å²) in [6.07, 6.45) is 2.54. The Labute approximate surface area is 124 Å². The summed E-state index contributed by atoms with van der Waals surface area (Å²) in [6, 6.07) is 9.21. The molecule has 21 heavy (non-hydrogen) atoms. The van der Waals surface area contributed by atoms with Crippen molar-refractivity contribution in [3.63, 3.8) is 0 Å². The summed E-state index contributed by atoms with van der Waals surface area (Å²) in [7, 11) is 1.48. The number of carboxylic acid groups (broad SMARTS) is 1. The van der Waals surface area contributed by atoms with Crippen LogP contribution < -0.4 is 5.32 Å². The maximum Gasteiger partial charge on any atom is 0.305 e. The molecule has 0 aromatic heterocycles. The molecule has 1 amide bonds. The molecule has 1 atom stereocenters. The van der Waals surface area contributed by atoms with E-state index in [-0.39, 0.29) is 12.3 Å². The largest absolute Gasteiger partial charge is 0.481 e. The van der Waals surface area contributed by atoms with Gasteiger partial charge in [0, 0.05) is 7.11 Å². The van der Waals surface area contributed by atoms with Crippen LogP contribution in [0.5, 0.6) is 0 Å². The number of amides is 1. The van der Waals surface area contributed by atoms with Crippen LogP contribution in [0.25, 0.3) is 0 Å². The predicted molar refractivity (Wildman–Crippen MR) is 77.8 cm³/mol. The van der Waals surface area contributed by atoms with E-state index >= 15 is 0 Å². The second-order valence-electron chi connectivity index (χ2n) is 5.57. The molecule has 1 aromatic carbocycles. The average Bonchev–Trinajstić information content (AvgIpc) is 2.88. The molecule has 1 aliphatic carbocycles. The van der Waals surface area contributed by atoms with Crippen LogP contribution in [-0.4, -0.2) is 29.6 Å². The van der Waals surface area contributed by atoms with E-state index in [1.54, 1.807) is 0 Å². The van der Waals surface area contributed by atoms with Crippen LogP contribution in [-0.2, 0) is 14.3 Å². The van der Waals surface area contributed by atoms with Gasteiger partial charge in [-0.05, 0) is 18.4 Å². The molecular weight excluding hydrogens is 270 g/mol. The molecule has 0 aliphatic heterocycles. The van der Waals surface area contributed by atoms with Crippen LogP contribution >= 0.6 is 0 Å². The van der Waals surface area contributed by atoms with E-state index < -0.39 is 17.6 Å². The van der Waals surface area contributed by atoms with Gasteiger partial charge in [-0.15, -0.1) is 0 Å². The Bertz CT molecular complexity index is 494. The highest BCUT2D eigenvalue weighted by molar-refractivity contribution is 5.83. The van der Waals surface area contributed by atoms with E-state index in [0.717, 1.165) is 18.4 Å². The molecule has 1 aromatic rings. The van der Waals surface area contributed by atoms with Gasteiger partial charge in [-0.2, -0.15) is 0 Å². The Hall–Kier alpha value is -1.88. The van der Waals surface area contributed by atoms with E-state index in [2.05, 4.69) is 5.32 Å². The molecule has 5 nitrogen and oxygen atoms in total. The molecule has 1 aliphatic rings. The van der Waals surface area contributed by atoms with Gasteiger partial charge in [0.25, 0.3) is 5.91 Å². The lowest BCUT2D eigenvalue weighted by molar-refractivity contribution is -0.140. The van der Waals surface area contributed by atoms with Crippen molar-refractivity contribution in [2.24, 2.45) is 0 Å². The number of carbonyl (C=O) groups excluding carboxylic acids is 1. The molecule has 5 heteroatoms. The second kappa shape index (κ2) is 6.72. The Morgan fingerprint density at radius 1 is 1.29 bits per heavy atom. The van der Waals surface area contributed by atoms with Gasteiger partial charge in [0.15, 0.2) is 6.10 Å². The minimum Gasteiger partial charge on any atom is -0.481 e. The number of aliphatic carboxylic acids is 1. The van der Waals surface area contributed by atoms with E-state index in [4.69, 9.17) is 9.84 Å². The molecule has 1 unspecified atom stereocenters. The summed E-state index contributed by atoms with van der Waals surface area (Å²) < 4.78 is 5.30. The first-order chi connectivity index (χ1) is 10.1. The third-order valence-electron chi connectivity index (χ3n) is 4.01. The zero-order chi connectivity index (χ0) is 15.3. The van der Waals surface area contributed by atoms with Gasteiger partial charge in [-0.3, -0.25) is 9.59 Å². The van der Waals surface area contributed by atoms with Crippen LogP contribution in [0, 0.1) is 0 Å². The highest BCUT2D eigenvalue weighted by Gasteiger charge is 2.39. The Balaban J connectivity index is 2.12. The van der Waals surface area contributed by atoms with Gasteiger partial charge in [-0.1, -0.05) is 43.2 Å². The monoisotopic (exact) mass is 291 g/mol. The molecule has 0 heterocycles. The lowest BCUT2D eigenvalue weighted by Crippen LogP contribution is -2.49. The molecule has 0 radical (unpaired) electrons. The summed E-state index contributed by atoms with van der Waals surface area (Å²) >= 11 is 0. The lowest BCUT2D eigenvalue weighted by atomic mass is 9.92. The normalized spacial score (nSPS) is 18.1. The summed E-state index contributed by atoms with van der Waals surface area (Å²) in [5.41, 5.74) is 0.134. The second-order valence-corrected chi connectivity index (χ2v) is 5.57. The quantitative estimate of drug-likeness (QED) is 0.843. The third-order valence-corrected chi connectivity index (χ3v) is 4.01. The maximum absolute atomic E-state index is 12.5. The van der Waals surface area contributed by atoms with Crippen molar-refractivity contribution in [1.82, 2.24) is 5.32 Å². The van der Waals surface area contributed by atoms with Crippen molar-refractivity contribution in [3.8, 4) is 0 Å². The molecular formula is C16H21NO4. The van der Waals surface area contributed by atoms with Crippen LogP contribution in [0.3, 0.4) is 0 Å². The topological polar surface area (TPSA) is 75.6 Å². The predicted octanol–water partition coefficient (Wildman–Crippen LogP) is 2.28. The van der Waals surface area contributed by atoms with Crippen molar-refractivity contribution in [2.75, 3.05) is 7.11 Å². The maximum atomic E-state index is 12.5. The first-order valence-corrected chi connectivity index (χ1v) is 7.18. The van der Waals surface area contributed by atoms with Gasteiger partial charge in [0.2, 0.25) is 0 Å². The fourth-order valence-electron chi connectivity index (χ4n) is 3.04. The fraction of sp³-hybridized carbons (Fsp3) is 0.500. The standard InChI is InChI=1S/C16H21NO4/c1-21-14(12-7-3-2-4-8-12)15(20)17-16(11-13(18)19)9-5-6-10-16/h2-4,7-8,14H,5-6,9-11H2,1H3,(H,17,20)(H,18,19). The fourth-order valence-corrected chi connectivity index (χ4v) is 3.04. The number of ether oxygens (including phenoxy) is 1. The highest BCUT2D eigenvalue weighted by atomic mass is 16.5. The van der Waals surface area contributed by atoms with Crippen LogP contribution in [0.4, 0.5) is 0 Å². The number of carboxylic acids is 1. The van der Waals surface area contributed by atoms with Crippen LogP contribution in [0.2, 0.25) is 0 Å². The third kappa shape index (κ3) is 3.82. The number of benzene rings is 1. The van der Waals surface area contributed by atoms with Gasteiger partial charge in [0.1, 0.15) is 0 Å². The Morgan fingerprint density at radius 3 is 2.43 bits per heavy atom. The number of rotatable bonds is 6. The van der Waals surface area contributed by atoms with Crippen molar-refractivity contribution in [2.45, 2.75) is 43.7 Å². The molecule has 114 valence electrons. The van der Waals surface area contributed by atoms with E-state index in [1.165, 1.54) is 7.11 Å². The molecule has 2 N–H and O–H groups in total. The van der Waals surface area contributed by atoms with Gasteiger partial charge in [0.05, 0.1) is 12.0 Å². The number of carbonyl (C=O) groups is 2. The highest BCUT2D eigenvalue weighted by Crippen LogP contribution is 2.33. The zero-order valence-electron chi connectivity index (χ0n) is 12.2. The lowest BCUT2D eigenvalue weighted by Gasteiger charge is -2.30. The SMILES string of the molecule is COC(C(=O)NC1(CC(=O)O)CCCC1)c1ccccc1. The molecule has 0 spiro atoms. The molecule has 0 saturated heterocycles. The summed E-state index contributed by atoms with van der Waals surface area (Å²) in [6.45, 7) is 0. The van der Waals surface area contributed by atoms with Gasteiger partial charge in [-0.25, -0.2) is 0 Å². The summed E-state index contributed by atoms with van der Waals surface area (Å²) in [5, 5.41) is 12.0. The number of methoxy groups -OCH3 is 1. The molecule has 1 fully saturated rings. The summed E-state index contributed by atoms with van der Waals surface area (Å²) in [5.74, 6) is -1.15. The minimum atomic E-state index is -0.883. The van der Waals surface area contributed by atoms with Crippen LogP contribution in [0.1, 0.15) is 43.8 Å². The number of hydrogen-bond acceptors (Lipinski definition) is 3. The average molecular weight is 291 g/mol. The molecule has 1 saturated carbocycles. The molecule has 0 bridgehead atoms. The zero-order valence-corrected chi connectivity index (χ0v) is 12.2. The Kier molecular flexibility index (Phi) is 4.96. The number of nitrogens with one attached hydrogen (secondary N) is 1. The van der Waals surface area contributed by atoms with Gasteiger partial charge < -0.3 is 15.2 Å². The smallest absolute Gasteiger partial charge is 0.305 e. The first kappa shape index (κ1) is 15.5. The molecule has 2 rings (SSSR count). The van der Waals surface area contributed by atoms with Crippen molar-refractivity contribution < 1.29 is 19.4 Å². The minimum absolute atomic E-state index is 0.0377. The summed E-state index contributed by atoms with van der Waals surface area (Å²) in [4.78, 5) is 23.6. The Morgan fingerprint density at radius 2 is 1.90 bits per heavy atom. The van der Waals surface area contributed by atoms with E-state index in [0.29, 0.717) is 12.8 Å².